The van der Waals surface area contributed by atoms with E-state index in [0.29, 0.717) is 29.8 Å². The number of hydrogen-bond acceptors (Lipinski definition) is 8. The molecule has 0 bridgehead atoms. The number of aliphatic hydroxyl groups is 1. The van der Waals surface area contributed by atoms with Crippen molar-refractivity contribution in [3.05, 3.63) is 60.7 Å². The van der Waals surface area contributed by atoms with Crippen LogP contribution in [0.2, 0.25) is 5.02 Å². The van der Waals surface area contributed by atoms with Gasteiger partial charge in [0.1, 0.15) is 24.5 Å². The van der Waals surface area contributed by atoms with Crippen LogP contribution in [0.3, 0.4) is 0 Å². The molecular formula is C20H21ClN8O2. The number of hydrogen-bond donors (Lipinski definition) is 2. The summed E-state index contributed by atoms with van der Waals surface area (Å²) in [7, 11) is 0. The molecule has 1 atom stereocenters. The van der Waals surface area contributed by atoms with Crippen molar-refractivity contribution < 1.29 is 9.84 Å². The summed E-state index contributed by atoms with van der Waals surface area (Å²) in [6, 6.07) is 5.54. The molecule has 0 fully saturated rings. The average Bonchev–Trinajstić information content (AvgIpc) is 3.43. The number of nitrogens with one attached hydrogen (secondary N) is 1. The Bertz CT molecular complexity index is 1110. The molecule has 3 heterocycles. The molecule has 4 aromatic rings. The predicted molar refractivity (Wildman–Crippen MR) is 115 cm³/mol. The Kier molecular flexibility index (Phi) is 6.39. The second kappa shape index (κ2) is 9.54. The molecule has 0 aliphatic carbocycles. The highest BCUT2D eigenvalue weighted by molar-refractivity contribution is 6.32. The fourth-order valence-electron chi connectivity index (χ4n) is 2.94. The minimum atomic E-state index is -0.149. The molecular weight excluding hydrogens is 420 g/mol. The molecule has 2 N–H and O–H groups in total. The summed E-state index contributed by atoms with van der Waals surface area (Å²) in [6.07, 6.45) is 9.85. The Morgan fingerprint density at radius 2 is 1.97 bits per heavy atom. The van der Waals surface area contributed by atoms with Gasteiger partial charge in [0.15, 0.2) is 0 Å². The van der Waals surface area contributed by atoms with Gasteiger partial charge < -0.3 is 15.2 Å². The van der Waals surface area contributed by atoms with Gasteiger partial charge in [-0.05, 0) is 24.6 Å². The van der Waals surface area contributed by atoms with E-state index < -0.39 is 0 Å². The van der Waals surface area contributed by atoms with Gasteiger partial charge in [0.05, 0.1) is 36.6 Å². The van der Waals surface area contributed by atoms with Gasteiger partial charge in [0, 0.05) is 24.2 Å². The van der Waals surface area contributed by atoms with Gasteiger partial charge in [0.2, 0.25) is 5.95 Å². The van der Waals surface area contributed by atoms with E-state index in [1.54, 1.807) is 46.5 Å². The van der Waals surface area contributed by atoms with Crippen LogP contribution in [0.1, 0.15) is 6.92 Å². The highest BCUT2D eigenvalue weighted by Crippen LogP contribution is 2.31. The standard InChI is InChI=1S/C20H21ClN8O2/c1-14(10-29-13-22-12-26-29)31-19-6-15(2-3-18(19)21)16-7-23-20(24-8-16)27-17-9-25-28(11-17)4-5-30/h2-3,6-9,11-14,30H,4-5,10H2,1H3,(H,23,24,27). The molecule has 0 spiro atoms. The Morgan fingerprint density at radius 1 is 1.13 bits per heavy atom. The van der Waals surface area contributed by atoms with Crippen molar-refractivity contribution in [1.29, 1.82) is 0 Å². The summed E-state index contributed by atoms with van der Waals surface area (Å²) in [5.74, 6) is 1.02. The Balaban J connectivity index is 1.44. The molecule has 0 saturated carbocycles. The quantitative estimate of drug-likeness (QED) is 0.408. The number of aliphatic hydroxyl groups excluding tert-OH is 1. The van der Waals surface area contributed by atoms with Gasteiger partial charge in [-0.1, -0.05) is 17.7 Å². The maximum atomic E-state index is 8.97. The Morgan fingerprint density at radius 3 is 2.71 bits per heavy atom. The Labute approximate surface area is 183 Å². The SMILES string of the molecule is CC(Cn1cncn1)Oc1cc(-c2cnc(Nc3cnn(CCO)c3)nc2)ccc1Cl. The van der Waals surface area contributed by atoms with Crippen LogP contribution in [-0.2, 0) is 13.1 Å². The monoisotopic (exact) mass is 440 g/mol. The molecule has 3 aromatic heterocycles. The minimum absolute atomic E-state index is 0.0261. The first-order valence-electron chi connectivity index (χ1n) is 9.62. The van der Waals surface area contributed by atoms with Crippen molar-refractivity contribution in [2.75, 3.05) is 11.9 Å². The molecule has 10 nitrogen and oxygen atoms in total. The molecule has 0 aliphatic heterocycles. The van der Waals surface area contributed by atoms with Crippen LogP contribution in [-0.4, -0.2) is 52.3 Å². The first kappa shape index (κ1) is 20.8. The first-order chi connectivity index (χ1) is 15.1. The molecule has 1 unspecified atom stereocenters. The number of anilines is 2. The fraction of sp³-hybridized carbons (Fsp3) is 0.250. The fourth-order valence-corrected chi connectivity index (χ4v) is 3.10. The summed E-state index contributed by atoms with van der Waals surface area (Å²) in [6.45, 7) is 2.95. The number of aromatic nitrogens is 7. The summed E-state index contributed by atoms with van der Waals surface area (Å²) in [4.78, 5) is 12.7. The smallest absolute Gasteiger partial charge is 0.227 e. The van der Waals surface area contributed by atoms with E-state index in [0.717, 1.165) is 16.8 Å². The van der Waals surface area contributed by atoms with E-state index >= 15 is 0 Å². The predicted octanol–water partition coefficient (Wildman–Crippen LogP) is 2.79. The molecule has 11 heteroatoms. The van der Waals surface area contributed by atoms with E-state index in [1.165, 1.54) is 6.33 Å². The van der Waals surface area contributed by atoms with E-state index in [1.807, 2.05) is 19.1 Å². The van der Waals surface area contributed by atoms with Gasteiger partial charge in [-0.2, -0.15) is 10.2 Å². The summed E-state index contributed by atoms with van der Waals surface area (Å²) < 4.78 is 9.34. The number of halogens is 1. The van der Waals surface area contributed by atoms with Crippen molar-refractivity contribution in [2.45, 2.75) is 26.1 Å². The van der Waals surface area contributed by atoms with Crippen LogP contribution in [0.25, 0.3) is 11.1 Å². The van der Waals surface area contributed by atoms with Gasteiger partial charge in [-0.25, -0.2) is 19.6 Å². The molecule has 31 heavy (non-hydrogen) atoms. The highest BCUT2D eigenvalue weighted by Gasteiger charge is 2.11. The lowest BCUT2D eigenvalue weighted by atomic mass is 10.1. The second-order valence-corrected chi connectivity index (χ2v) is 7.23. The summed E-state index contributed by atoms with van der Waals surface area (Å²) in [5, 5.41) is 20.8. The minimum Gasteiger partial charge on any atom is -0.487 e. The van der Waals surface area contributed by atoms with Crippen molar-refractivity contribution >= 4 is 23.2 Å². The lowest BCUT2D eigenvalue weighted by molar-refractivity contribution is 0.194. The van der Waals surface area contributed by atoms with Crippen molar-refractivity contribution in [1.82, 2.24) is 34.5 Å². The molecule has 0 saturated heterocycles. The van der Waals surface area contributed by atoms with Crippen molar-refractivity contribution in [3.8, 4) is 16.9 Å². The highest BCUT2D eigenvalue weighted by atomic mass is 35.5. The topological polar surface area (TPSA) is 116 Å². The largest absolute Gasteiger partial charge is 0.487 e. The maximum Gasteiger partial charge on any atom is 0.227 e. The third kappa shape index (κ3) is 5.36. The molecule has 0 amide bonds. The normalized spacial score (nSPS) is 12.0. The third-order valence-electron chi connectivity index (χ3n) is 4.37. The lowest BCUT2D eigenvalue weighted by Gasteiger charge is -2.16. The van der Waals surface area contributed by atoms with E-state index in [-0.39, 0.29) is 12.7 Å². The van der Waals surface area contributed by atoms with Crippen LogP contribution in [0.4, 0.5) is 11.6 Å². The third-order valence-corrected chi connectivity index (χ3v) is 4.69. The van der Waals surface area contributed by atoms with Crippen molar-refractivity contribution in [2.24, 2.45) is 0 Å². The number of ether oxygens (including phenoxy) is 1. The van der Waals surface area contributed by atoms with Crippen LogP contribution < -0.4 is 10.1 Å². The lowest BCUT2D eigenvalue weighted by Crippen LogP contribution is -2.20. The summed E-state index contributed by atoms with van der Waals surface area (Å²) in [5.41, 5.74) is 2.45. The van der Waals surface area contributed by atoms with E-state index in [4.69, 9.17) is 21.4 Å². The molecule has 0 aliphatic rings. The van der Waals surface area contributed by atoms with Gasteiger partial charge in [-0.3, -0.25) is 4.68 Å². The first-order valence-corrected chi connectivity index (χ1v) is 10.00. The Hall–Kier alpha value is -3.50. The van der Waals surface area contributed by atoms with E-state index in [9.17, 15) is 0 Å². The molecule has 1 aromatic carbocycles. The van der Waals surface area contributed by atoms with Crippen LogP contribution in [0.5, 0.6) is 5.75 Å². The van der Waals surface area contributed by atoms with Gasteiger partial charge in [0.25, 0.3) is 0 Å². The summed E-state index contributed by atoms with van der Waals surface area (Å²) >= 11 is 6.32. The molecule has 0 radical (unpaired) electrons. The van der Waals surface area contributed by atoms with E-state index in [2.05, 4.69) is 30.5 Å². The van der Waals surface area contributed by atoms with Gasteiger partial charge in [-0.15, -0.1) is 0 Å². The van der Waals surface area contributed by atoms with Gasteiger partial charge >= 0.3 is 0 Å². The van der Waals surface area contributed by atoms with Crippen LogP contribution >= 0.6 is 11.6 Å². The number of rotatable bonds is 9. The number of nitrogens with zero attached hydrogens (tertiary/aromatic N) is 7. The zero-order valence-electron chi connectivity index (χ0n) is 16.8. The average molecular weight is 441 g/mol. The molecule has 160 valence electrons. The maximum absolute atomic E-state index is 8.97. The van der Waals surface area contributed by atoms with Crippen molar-refractivity contribution in [3.63, 3.8) is 0 Å². The zero-order chi connectivity index (χ0) is 21.6. The van der Waals surface area contributed by atoms with Crippen LogP contribution in [0.15, 0.2) is 55.6 Å². The second-order valence-electron chi connectivity index (χ2n) is 6.83. The molecule has 4 rings (SSSR count). The number of benzene rings is 1. The van der Waals surface area contributed by atoms with Crippen LogP contribution in [0, 0.1) is 0 Å². The zero-order valence-corrected chi connectivity index (χ0v) is 17.5.